The van der Waals surface area contributed by atoms with E-state index in [2.05, 4.69) is 0 Å². The van der Waals surface area contributed by atoms with E-state index >= 15 is 0 Å². The van der Waals surface area contributed by atoms with Crippen molar-refractivity contribution in [2.24, 2.45) is 5.92 Å². The number of hydrogen-bond donors (Lipinski definition) is 0. The zero-order chi connectivity index (χ0) is 25.1. The van der Waals surface area contributed by atoms with E-state index in [0.717, 1.165) is 0 Å². The van der Waals surface area contributed by atoms with Gasteiger partial charge >= 0.3 is 0 Å². The number of ether oxygens (including phenoxy) is 1. The van der Waals surface area contributed by atoms with Crippen molar-refractivity contribution in [2.45, 2.75) is 26.8 Å². The molecule has 6 nitrogen and oxygen atoms in total. The van der Waals surface area contributed by atoms with Crippen LogP contribution < -0.4 is 10.3 Å². The number of amides is 1. The standard InChI is InChI=1S/C28H28FN3O3/c1-18(2)17-31(27(33)20-13-15-21(29)16-14-20)19(3)26-30-23-10-6-5-9-22(23)28(34)32(26)24-11-7-8-12-25(24)35-4/h5-16,18-19H,17H2,1-4H3. The molecule has 1 amide bonds. The number of fused-ring (bicyclic) bond motifs is 1. The van der Waals surface area contributed by atoms with Crippen LogP contribution in [0.1, 0.15) is 43.0 Å². The van der Waals surface area contributed by atoms with Crippen LogP contribution >= 0.6 is 0 Å². The molecule has 1 atom stereocenters. The molecule has 1 aromatic heterocycles. The van der Waals surface area contributed by atoms with Crippen molar-refractivity contribution < 1.29 is 13.9 Å². The zero-order valence-electron chi connectivity index (χ0n) is 20.2. The molecule has 0 saturated heterocycles. The van der Waals surface area contributed by atoms with E-state index in [1.54, 1.807) is 42.3 Å². The molecule has 0 saturated carbocycles. The third kappa shape index (κ3) is 4.80. The van der Waals surface area contributed by atoms with Gasteiger partial charge in [-0.05, 0) is 61.4 Å². The van der Waals surface area contributed by atoms with Crippen molar-refractivity contribution in [1.29, 1.82) is 0 Å². The zero-order valence-corrected chi connectivity index (χ0v) is 20.2. The number of nitrogens with zero attached hydrogens (tertiary/aromatic N) is 3. The van der Waals surface area contributed by atoms with Gasteiger partial charge in [0.25, 0.3) is 11.5 Å². The first kappa shape index (κ1) is 24.1. The first-order chi connectivity index (χ1) is 16.8. The van der Waals surface area contributed by atoms with E-state index in [0.29, 0.717) is 40.3 Å². The van der Waals surface area contributed by atoms with Gasteiger partial charge in [0.1, 0.15) is 17.4 Å². The number of methoxy groups -OCH3 is 1. The van der Waals surface area contributed by atoms with Gasteiger partial charge in [0, 0.05) is 12.1 Å². The highest BCUT2D eigenvalue weighted by molar-refractivity contribution is 5.94. The lowest BCUT2D eigenvalue weighted by Crippen LogP contribution is -2.39. The minimum atomic E-state index is -0.572. The molecule has 1 heterocycles. The summed E-state index contributed by atoms with van der Waals surface area (Å²) in [4.78, 5) is 33.9. The van der Waals surface area contributed by atoms with Crippen LogP contribution in [0.25, 0.3) is 16.6 Å². The number of benzene rings is 3. The van der Waals surface area contributed by atoms with Gasteiger partial charge < -0.3 is 9.64 Å². The highest BCUT2D eigenvalue weighted by atomic mass is 19.1. The number of halogens is 1. The molecule has 0 aliphatic rings. The van der Waals surface area contributed by atoms with Crippen LogP contribution in [0, 0.1) is 11.7 Å². The van der Waals surface area contributed by atoms with Gasteiger partial charge in [0.05, 0.1) is 29.7 Å². The number of carbonyl (C=O) groups is 1. The fraction of sp³-hybridized carbons (Fsp3) is 0.250. The van der Waals surface area contributed by atoms with E-state index < -0.39 is 11.9 Å². The summed E-state index contributed by atoms with van der Waals surface area (Å²) in [5.41, 5.74) is 1.20. The fourth-order valence-corrected chi connectivity index (χ4v) is 4.19. The lowest BCUT2D eigenvalue weighted by Gasteiger charge is -2.32. The normalized spacial score (nSPS) is 12.1. The van der Waals surface area contributed by atoms with Gasteiger partial charge in [-0.1, -0.05) is 38.1 Å². The summed E-state index contributed by atoms with van der Waals surface area (Å²) in [5, 5.41) is 0.467. The summed E-state index contributed by atoms with van der Waals surface area (Å²) in [7, 11) is 1.55. The molecule has 0 fully saturated rings. The number of rotatable bonds is 7. The van der Waals surface area contributed by atoms with Crippen molar-refractivity contribution in [3.8, 4) is 11.4 Å². The Morgan fingerprint density at radius 3 is 2.34 bits per heavy atom. The molecule has 0 radical (unpaired) electrons. The molecule has 0 bridgehead atoms. The summed E-state index contributed by atoms with van der Waals surface area (Å²) in [6.07, 6.45) is 0. The molecule has 3 aromatic carbocycles. The topological polar surface area (TPSA) is 64.4 Å². The van der Waals surface area contributed by atoms with Crippen LogP contribution in [0.4, 0.5) is 4.39 Å². The Hall–Kier alpha value is -4.00. The Balaban J connectivity index is 1.94. The van der Waals surface area contributed by atoms with Crippen LogP contribution in [0.5, 0.6) is 5.75 Å². The number of carbonyl (C=O) groups excluding carboxylic acids is 1. The van der Waals surface area contributed by atoms with E-state index in [-0.39, 0.29) is 17.4 Å². The second kappa shape index (κ2) is 10.1. The number of hydrogen-bond acceptors (Lipinski definition) is 4. The maximum Gasteiger partial charge on any atom is 0.266 e. The molecule has 35 heavy (non-hydrogen) atoms. The Labute approximate surface area is 203 Å². The lowest BCUT2D eigenvalue weighted by atomic mass is 10.1. The molecule has 0 N–H and O–H groups in total. The van der Waals surface area contributed by atoms with Crippen LogP contribution in [-0.2, 0) is 0 Å². The van der Waals surface area contributed by atoms with Gasteiger partial charge in [-0.25, -0.2) is 9.37 Å². The average Bonchev–Trinajstić information content (AvgIpc) is 2.87. The molecule has 1 unspecified atom stereocenters. The fourth-order valence-electron chi connectivity index (χ4n) is 4.19. The maximum atomic E-state index is 13.8. The Morgan fingerprint density at radius 2 is 1.66 bits per heavy atom. The average molecular weight is 474 g/mol. The minimum absolute atomic E-state index is 0.147. The summed E-state index contributed by atoms with van der Waals surface area (Å²) in [6, 6.07) is 19.3. The predicted molar refractivity (Wildman–Crippen MR) is 135 cm³/mol. The van der Waals surface area contributed by atoms with Gasteiger partial charge in [-0.3, -0.25) is 14.2 Å². The number of para-hydroxylation sites is 3. The third-order valence-corrected chi connectivity index (χ3v) is 5.88. The molecule has 4 aromatic rings. The Bertz CT molecular complexity index is 1410. The summed E-state index contributed by atoms with van der Waals surface area (Å²) < 4.78 is 20.6. The van der Waals surface area contributed by atoms with Crippen LogP contribution in [0.15, 0.2) is 77.6 Å². The van der Waals surface area contributed by atoms with Gasteiger partial charge in [0.15, 0.2) is 0 Å². The minimum Gasteiger partial charge on any atom is -0.495 e. The SMILES string of the molecule is COc1ccccc1-n1c(C(C)N(CC(C)C)C(=O)c2ccc(F)cc2)nc2ccccc2c1=O. The Kier molecular flexibility index (Phi) is 6.96. The van der Waals surface area contributed by atoms with Crippen molar-refractivity contribution in [3.63, 3.8) is 0 Å². The van der Waals surface area contributed by atoms with Crippen molar-refractivity contribution in [1.82, 2.24) is 14.5 Å². The van der Waals surface area contributed by atoms with Crippen LogP contribution in [0.3, 0.4) is 0 Å². The highest BCUT2D eigenvalue weighted by Gasteiger charge is 2.29. The predicted octanol–water partition coefficient (Wildman–Crippen LogP) is 5.39. The first-order valence-electron chi connectivity index (χ1n) is 11.5. The van der Waals surface area contributed by atoms with E-state index in [1.165, 1.54) is 28.8 Å². The van der Waals surface area contributed by atoms with Gasteiger partial charge in [-0.2, -0.15) is 0 Å². The quantitative estimate of drug-likeness (QED) is 0.361. The second-order valence-electron chi connectivity index (χ2n) is 8.83. The third-order valence-electron chi connectivity index (χ3n) is 5.88. The smallest absolute Gasteiger partial charge is 0.266 e. The summed E-state index contributed by atoms with van der Waals surface area (Å²) >= 11 is 0. The largest absolute Gasteiger partial charge is 0.495 e. The van der Waals surface area contributed by atoms with E-state index in [9.17, 15) is 14.0 Å². The van der Waals surface area contributed by atoms with Crippen molar-refractivity contribution >= 4 is 16.8 Å². The second-order valence-corrected chi connectivity index (χ2v) is 8.83. The molecule has 0 aliphatic carbocycles. The van der Waals surface area contributed by atoms with E-state index in [1.807, 2.05) is 39.0 Å². The molecule has 7 heteroatoms. The highest BCUT2D eigenvalue weighted by Crippen LogP contribution is 2.29. The molecule has 4 rings (SSSR count). The van der Waals surface area contributed by atoms with Gasteiger partial charge in [-0.15, -0.1) is 0 Å². The maximum absolute atomic E-state index is 13.8. The van der Waals surface area contributed by atoms with Gasteiger partial charge in [0.2, 0.25) is 0 Å². The van der Waals surface area contributed by atoms with Crippen LogP contribution in [-0.4, -0.2) is 34.0 Å². The van der Waals surface area contributed by atoms with Crippen LogP contribution in [0.2, 0.25) is 0 Å². The Morgan fingerprint density at radius 1 is 1.00 bits per heavy atom. The van der Waals surface area contributed by atoms with Crippen molar-refractivity contribution in [3.05, 3.63) is 100 Å². The lowest BCUT2D eigenvalue weighted by molar-refractivity contribution is 0.0655. The first-order valence-corrected chi connectivity index (χ1v) is 11.5. The number of aromatic nitrogens is 2. The van der Waals surface area contributed by atoms with Crippen molar-refractivity contribution in [2.75, 3.05) is 13.7 Å². The van der Waals surface area contributed by atoms with E-state index in [4.69, 9.17) is 9.72 Å². The molecular weight excluding hydrogens is 445 g/mol. The molecular formula is C28H28FN3O3. The molecule has 0 aliphatic heterocycles. The monoisotopic (exact) mass is 473 g/mol. The summed E-state index contributed by atoms with van der Waals surface area (Å²) in [6.45, 7) is 6.30. The summed E-state index contributed by atoms with van der Waals surface area (Å²) in [5.74, 6) is 0.398. The molecule has 0 spiro atoms. The molecule has 180 valence electrons.